The standard InChI is InChI=1S/C13H11Cl2F2N3/c1-6(8-3-2-7(14)4-9(8)15)19-13-11(17)5-10(16)12(18)20-13/h2-6H,1H3,(H3,18,19,20). The highest BCUT2D eigenvalue weighted by Gasteiger charge is 2.15. The SMILES string of the molecule is CC(Nc1nc(N)c(F)cc1F)c1ccc(Cl)cc1Cl. The summed E-state index contributed by atoms with van der Waals surface area (Å²) in [5, 5.41) is 3.73. The van der Waals surface area contributed by atoms with Crippen LogP contribution in [0.25, 0.3) is 0 Å². The number of nitrogen functional groups attached to an aromatic ring is 1. The van der Waals surface area contributed by atoms with Crippen molar-refractivity contribution in [2.45, 2.75) is 13.0 Å². The molecular weight excluding hydrogens is 307 g/mol. The van der Waals surface area contributed by atoms with Gasteiger partial charge in [-0.1, -0.05) is 29.3 Å². The lowest BCUT2D eigenvalue weighted by molar-refractivity contribution is 0.578. The minimum Gasteiger partial charge on any atom is -0.381 e. The van der Waals surface area contributed by atoms with Crippen LogP contribution < -0.4 is 11.1 Å². The molecule has 0 saturated heterocycles. The molecule has 0 aliphatic carbocycles. The van der Waals surface area contributed by atoms with Crippen LogP contribution in [0.15, 0.2) is 24.3 Å². The average Bonchev–Trinajstić information content (AvgIpc) is 2.35. The van der Waals surface area contributed by atoms with Gasteiger partial charge in [-0.25, -0.2) is 13.8 Å². The molecule has 1 heterocycles. The van der Waals surface area contributed by atoms with Crippen LogP contribution in [0.3, 0.4) is 0 Å². The Labute approximate surface area is 124 Å². The van der Waals surface area contributed by atoms with E-state index in [1.165, 1.54) is 0 Å². The second-order valence-electron chi connectivity index (χ2n) is 4.22. The normalized spacial score (nSPS) is 12.2. The summed E-state index contributed by atoms with van der Waals surface area (Å²) in [6.45, 7) is 1.76. The lowest BCUT2D eigenvalue weighted by Gasteiger charge is -2.17. The van der Waals surface area contributed by atoms with Crippen molar-refractivity contribution in [1.82, 2.24) is 4.98 Å². The number of hydrogen-bond donors (Lipinski definition) is 2. The van der Waals surface area contributed by atoms with E-state index in [-0.39, 0.29) is 17.7 Å². The number of rotatable bonds is 3. The van der Waals surface area contributed by atoms with E-state index in [1.807, 2.05) is 0 Å². The number of nitrogens with one attached hydrogen (secondary N) is 1. The molecule has 1 unspecified atom stereocenters. The van der Waals surface area contributed by atoms with Crippen molar-refractivity contribution in [3.05, 3.63) is 51.5 Å². The molecule has 0 fully saturated rings. The van der Waals surface area contributed by atoms with Crippen molar-refractivity contribution >= 4 is 34.8 Å². The van der Waals surface area contributed by atoms with Crippen LogP contribution in [0.2, 0.25) is 10.0 Å². The van der Waals surface area contributed by atoms with Crippen molar-refractivity contribution in [3.63, 3.8) is 0 Å². The molecule has 0 spiro atoms. The molecule has 1 aromatic carbocycles. The van der Waals surface area contributed by atoms with Crippen LogP contribution in [0.4, 0.5) is 20.4 Å². The third-order valence-corrected chi connectivity index (χ3v) is 3.30. The summed E-state index contributed by atoms with van der Waals surface area (Å²) in [7, 11) is 0. The molecule has 3 nitrogen and oxygen atoms in total. The van der Waals surface area contributed by atoms with E-state index in [0.29, 0.717) is 21.7 Å². The Kier molecular flexibility index (Phi) is 4.30. The van der Waals surface area contributed by atoms with Crippen molar-refractivity contribution in [2.24, 2.45) is 0 Å². The number of nitrogens with zero attached hydrogens (tertiary/aromatic N) is 1. The minimum absolute atomic E-state index is 0.137. The van der Waals surface area contributed by atoms with Crippen LogP contribution in [0.1, 0.15) is 18.5 Å². The number of pyridine rings is 1. The Bertz CT molecular complexity index is 650. The second-order valence-corrected chi connectivity index (χ2v) is 5.06. The molecule has 0 amide bonds. The van der Waals surface area contributed by atoms with Crippen molar-refractivity contribution < 1.29 is 8.78 Å². The number of benzene rings is 1. The number of nitrogens with two attached hydrogens (primary N) is 1. The highest BCUT2D eigenvalue weighted by molar-refractivity contribution is 6.35. The fraction of sp³-hybridized carbons (Fsp3) is 0.154. The van der Waals surface area contributed by atoms with Gasteiger partial charge in [0.1, 0.15) is 0 Å². The maximum absolute atomic E-state index is 13.6. The highest BCUT2D eigenvalue weighted by atomic mass is 35.5. The molecule has 1 atom stereocenters. The van der Waals surface area contributed by atoms with Crippen LogP contribution in [-0.2, 0) is 0 Å². The van der Waals surface area contributed by atoms with Crippen molar-refractivity contribution in [2.75, 3.05) is 11.1 Å². The minimum atomic E-state index is -0.898. The zero-order valence-electron chi connectivity index (χ0n) is 10.4. The zero-order chi connectivity index (χ0) is 14.9. The number of anilines is 2. The van der Waals surface area contributed by atoms with Gasteiger partial charge in [0, 0.05) is 16.1 Å². The van der Waals surface area contributed by atoms with Gasteiger partial charge >= 0.3 is 0 Å². The quantitative estimate of drug-likeness (QED) is 0.880. The van der Waals surface area contributed by atoms with Gasteiger partial charge in [-0.3, -0.25) is 0 Å². The molecular formula is C13H11Cl2F2N3. The van der Waals surface area contributed by atoms with Gasteiger partial charge in [0.2, 0.25) is 0 Å². The fourth-order valence-corrected chi connectivity index (χ4v) is 2.29. The summed E-state index contributed by atoms with van der Waals surface area (Å²) in [6, 6.07) is 5.29. The van der Waals surface area contributed by atoms with Crippen LogP contribution in [0, 0.1) is 11.6 Å². The van der Waals surface area contributed by atoms with E-state index in [2.05, 4.69) is 10.3 Å². The molecule has 0 aliphatic rings. The Morgan fingerprint density at radius 3 is 2.55 bits per heavy atom. The van der Waals surface area contributed by atoms with E-state index >= 15 is 0 Å². The van der Waals surface area contributed by atoms with Gasteiger partial charge in [0.05, 0.1) is 6.04 Å². The number of aromatic nitrogens is 1. The summed E-state index contributed by atoms with van der Waals surface area (Å²) < 4.78 is 26.6. The Morgan fingerprint density at radius 1 is 1.20 bits per heavy atom. The summed E-state index contributed by atoms with van der Waals surface area (Å²) in [5.74, 6) is -2.23. The predicted octanol–water partition coefficient (Wildman–Crippen LogP) is 4.42. The van der Waals surface area contributed by atoms with Crippen LogP contribution in [-0.4, -0.2) is 4.98 Å². The maximum Gasteiger partial charge on any atom is 0.168 e. The van der Waals surface area contributed by atoms with Crippen LogP contribution >= 0.6 is 23.2 Å². The van der Waals surface area contributed by atoms with Gasteiger partial charge in [-0.15, -0.1) is 0 Å². The molecule has 3 N–H and O–H groups in total. The first-order valence-corrected chi connectivity index (χ1v) is 6.47. The van der Waals surface area contributed by atoms with E-state index in [4.69, 9.17) is 28.9 Å². The Hall–Kier alpha value is -1.59. The molecule has 20 heavy (non-hydrogen) atoms. The third-order valence-electron chi connectivity index (χ3n) is 2.74. The summed E-state index contributed by atoms with van der Waals surface area (Å²) in [6.07, 6.45) is 0. The first-order chi connectivity index (χ1) is 9.38. The van der Waals surface area contributed by atoms with Gasteiger partial charge in [0.15, 0.2) is 23.3 Å². The second kappa shape index (κ2) is 5.81. The van der Waals surface area contributed by atoms with Crippen molar-refractivity contribution in [3.8, 4) is 0 Å². The molecule has 0 saturated carbocycles. The molecule has 0 aliphatic heterocycles. The number of hydrogen-bond acceptors (Lipinski definition) is 3. The lowest BCUT2D eigenvalue weighted by Crippen LogP contribution is -2.11. The van der Waals surface area contributed by atoms with Crippen LogP contribution in [0.5, 0.6) is 0 Å². The summed E-state index contributed by atoms with van der Waals surface area (Å²) >= 11 is 11.9. The first-order valence-electron chi connectivity index (χ1n) is 5.71. The molecule has 1 aromatic heterocycles. The predicted molar refractivity (Wildman–Crippen MR) is 77.1 cm³/mol. The van der Waals surface area contributed by atoms with Gasteiger partial charge in [-0.05, 0) is 24.6 Å². The van der Waals surface area contributed by atoms with E-state index < -0.39 is 11.6 Å². The zero-order valence-corrected chi connectivity index (χ0v) is 11.9. The topological polar surface area (TPSA) is 50.9 Å². The van der Waals surface area contributed by atoms with Gasteiger partial charge in [0.25, 0.3) is 0 Å². The fourth-order valence-electron chi connectivity index (χ4n) is 1.72. The Balaban J connectivity index is 2.27. The molecule has 7 heteroatoms. The smallest absolute Gasteiger partial charge is 0.168 e. The van der Waals surface area contributed by atoms with E-state index in [9.17, 15) is 8.78 Å². The summed E-state index contributed by atoms with van der Waals surface area (Å²) in [4.78, 5) is 3.63. The molecule has 2 rings (SSSR count). The Morgan fingerprint density at radius 2 is 1.90 bits per heavy atom. The van der Waals surface area contributed by atoms with E-state index in [1.54, 1.807) is 25.1 Å². The lowest BCUT2D eigenvalue weighted by atomic mass is 10.1. The van der Waals surface area contributed by atoms with E-state index in [0.717, 1.165) is 0 Å². The van der Waals surface area contributed by atoms with Gasteiger partial charge in [-0.2, -0.15) is 0 Å². The monoisotopic (exact) mass is 317 g/mol. The molecule has 0 radical (unpaired) electrons. The van der Waals surface area contributed by atoms with Crippen molar-refractivity contribution in [1.29, 1.82) is 0 Å². The first kappa shape index (κ1) is 14.8. The average molecular weight is 318 g/mol. The number of halogens is 4. The molecule has 0 bridgehead atoms. The highest BCUT2D eigenvalue weighted by Crippen LogP contribution is 2.29. The molecule has 106 valence electrons. The van der Waals surface area contributed by atoms with Gasteiger partial charge < -0.3 is 11.1 Å². The third kappa shape index (κ3) is 3.11. The maximum atomic E-state index is 13.6. The molecule has 2 aromatic rings. The largest absolute Gasteiger partial charge is 0.381 e. The summed E-state index contributed by atoms with van der Waals surface area (Å²) in [5.41, 5.74) is 6.03.